The molecule has 0 radical (unpaired) electrons. The summed E-state index contributed by atoms with van der Waals surface area (Å²) in [5.74, 6) is -0.903. The van der Waals surface area contributed by atoms with Crippen LogP contribution in [0.3, 0.4) is 0 Å². The average molecular weight is 194 g/mol. The Labute approximate surface area is 79.5 Å². The molecule has 3 nitrogen and oxygen atoms in total. The van der Waals surface area contributed by atoms with Gasteiger partial charge < -0.3 is 10.0 Å². The highest BCUT2D eigenvalue weighted by Crippen LogP contribution is 2.10. The zero-order valence-corrected chi connectivity index (χ0v) is 8.68. The molecule has 0 fully saturated rings. The molecule has 1 N–H and O–H groups in total. The molecule has 0 aromatic rings. The second kappa shape index (κ2) is 5.17. The fraction of sp³-hybridized carbons (Fsp3) is 0.625. The molecule has 0 aromatic heterocycles. The van der Waals surface area contributed by atoms with E-state index in [1.165, 1.54) is 6.08 Å². The van der Waals surface area contributed by atoms with Crippen molar-refractivity contribution in [2.24, 2.45) is 0 Å². The van der Waals surface area contributed by atoms with Crippen molar-refractivity contribution in [3.8, 4) is 0 Å². The van der Waals surface area contributed by atoms with Gasteiger partial charge in [-0.05, 0) is 27.9 Å². The standard InChI is InChI=1S/C8H15NO2.ClH/c1-8(2,9(3)4)6-5-7(10)11;/h5-6H,1-4H3,(H,10,11);1H/b6-5+;. The summed E-state index contributed by atoms with van der Waals surface area (Å²) in [4.78, 5) is 12.1. The minimum atomic E-state index is -0.903. The van der Waals surface area contributed by atoms with Gasteiger partial charge in [0.15, 0.2) is 0 Å². The Balaban J connectivity index is 0. The number of likely N-dealkylation sites (N-methyl/N-ethyl adjacent to an activating group) is 1. The number of carboxylic acids is 1. The SMILES string of the molecule is CN(C)C(C)(C)/C=C/C(=O)O.Cl. The molecule has 0 unspecified atom stereocenters. The van der Waals surface area contributed by atoms with Crippen molar-refractivity contribution in [2.75, 3.05) is 14.1 Å². The van der Waals surface area contributed by atoms with Crippen LogP contribution in [0.25, 0.3) is 0 Å². The first-order valence-corrected chi connectivity index (χ1v) is 3.46. The van der Waals surface area contributed by atoms with E-state index in [0.717, 1.165) is 0 Å². The zero-order chi connectivity index (χ0) is 9.07. The van der Waals surface area contributed by atoms with Crippen molar-refractivity contribution >= 4 is 18.4 Å². The van der Waals surface area contributed by atoms with Crippen LogP contribution < -0.4 is 0 Å². The molecular formula is C8H16ClNO2. The molecule has 0 amide bonds. The molecule has 0 saturated carbocycles. The Kier molecular flexibility index (Phi) is 6.03. The molecule has 12 heavy (non-hydrogen) atoms. The first-order valence-electron chi connectivity index (χ1n) is 3.46. The van der Waals surface area contributed by atoms with Crippen LogP contribution in [0.15, 0.2) is 12.2 Å². The number of hydrogen-bond acceptors (Lipinski definition) is 2. The fourth-order valence-electron chi connectivity index (χ4n) is 0.424. The molecule has 0 spiro atoms. The van der Waals surface area contributed by atoms with Crippen LogP contribution >= 0.6 is 12.4 Å². The maximum Gasteiger partial charge on any atom is 0.328 e. The summed E-state index contributed by atoms with van der Waals surface area (Å²) in [7, 11) is 3.82. The first-order chi connectivity index (χ1) is 4.86. The second-order valence-electron chi connectivity index (χ2n) is 3.22. The van der Waals surface area contributed by atoms with Gasteiger partial charge in [0.25, 0.3) is 0 Å². The quantitative estimate of drug-likeness (QED) is 0.689. The van der Waals surface area contributed by atoms with Crippen molar-refractivity contribution in [3.05, 3.63) is 12.2 Å². The van der Waals surface area contributed by atoms with Crippen molar-refractivity contribution in [2.45, 2.75) is 19.4 Å². The number of nitrogens with zero attached hydrogens (tertiary/aromatic N) is 1. The molecule has 72 valence electrons. The first kappa shape index (κ1) is 14.0. The highest BCUT2D eigenvalue weighted by molar-refractivity contribution is 5.85. The van der Waals surface area contributed by atoms with Gasteiger partial charge in [0.2, 0.25) is 0 Å². The number of halogens is 1. The Morgan fingerprint density at radius 1 is 1.42 bits per heavy atom. The van der Waals surface area contributed by atoms with E-state index < -0.39 is 5.97 Å². The van der Waals surface area contributed by atoms with Gasteiger partial charge in [-0.15, -0.1) is 12.4 Å². The molecular weight excluding hydrogens is 178 g/mol. The van der Waals surface area contributed by atoms with Crippen LogP contribution in [0.5, 0.6) is 0 Å². The van der Waals surface area contributed by atoms with Crippen LogP contribution in [0, 0.1) is 0 Å². The molecule has 0 rings (SSSR count). The summed E-state index contributed by atoms with van der Waals surface area (Å²) in [6, 6.07) is 0. The largest absolute Gasteiger partial charge is 0.478 e. The normalized spacial score (nSPS) is 11.8. The third-order valence-electron chi connectivity index (χ3n) is 1.79. The lowest BCUT2D eigenvalue weighted by Crippen LogP contribution is -2.35. The molecule has 0 saturated heterocycles. The topological polar surface area (TPSA) is 40.5 Å². The van der Waals surface area contributed by atoms with Gasteiger partial charge in [-0.1, -0.05) is 6.08 Å². The minimum absolute atomic E-state index is 0. The fourth-order valence-corrected chi connectivity index (χ4v) is 0.424. The van der Waals surface area contributed by atoms with Crippen molar-refractivity contribution in [1.82, 2.24) is 4.90 Å². The van der Waals surface area contributed by atoms with Crippen LogP contribution in [0.1, 0.15) is 13.8 Å². The zero-order valence-electron chi connectivity index (χ0n) is 7.87. The van der Waals surface area contributed by atoms with E-state index in [9.17, 15) is 4.79 Å². The van der Waals surface area contributed by atoms with Crippen LogP contribution in [-0.2, 0) is 4.79 Å². The average Bonchev–Trinajstić information content (AvgIpc) is 1.84. The highest BCUT2D eigenvalue weighted by Gasteiger charge is 2.15. The molecule has 0 aliphatic carbocycles. The summed E-state index contributed by atoms with van der Waals surface area (Å²) >= 11 is 0. The predicted molar refractivity (Wildman–Crippen MR) is 51.8 cm³/mol. The van der Waals surface area contributed by atoms with E-state index in [1.54, 1.807) is 6.08 Å². The summed E-state index contributed by atoms with van der Waals surface area (Å²) in [5.41, 5.74) is -0.196. The molecule has 0 aliphatic heterocycles. The molecule has 0 heterocycles. The van der Waals surface area contributed by atoms with Crippen molar-refractivity contribution in [3.63, 3.8) is 0 Å². The van der Waals surface area contributed by atoms with Crippen LogP contribution in [-0.4, -0.2) is 35.6 Å². The minimum Gasteiger partial charge on any atom is -0.478 e. The van der Waals surface area contributed by atoms with Gasteiger partial charge in [-0.2, -0.15) is 0 Å². The molecule has 0 bridgehead atoms. The van der Waals surface area contributed by atoms with Gasteiger partial charge >= 0.3 is 5.97 Å². The molecule has 0 atom stereocenters. The molecule has 0 aliphatic rings. The summed E-state index contributed by atoms with van der Waals surface area (Å²) in [6.07, 6.45) is 2.83. The lowest BCUT2D eigenvalue weighted by molar-refractivity contribution is -0.131. The van der Waals surface area contributed by atoms with Gasteiger partial charge in [-0.25, -0.2) is 4.79 Å². The van der Waals surface area contributed by atoms with E-state index in [-0.39, 0.29) is 17.9 Å². The third-order valence-corrected chi connectivity index (χ3v) is 1.79. The third kappa shape index (κ3) is 5.16. The lowest BCUT2D eigenvalue weighted by atomic mass is 10.0. The monoisotopic (exact) mass is 193 g/mol. The van der Waals surface area contributed by atoms with E-state index in [0.29, 0.717) is 0 Å². The summed E-state index contributed by atoms with van der Waals surface area (Å²) in [5, 5.41) is 8.35. The number of aliphatic carboxylic acids is 1. The van der Waals surface area contributed by atoms with E-state index in [2.05, 4.69) is 0 Å². The summed E-state index contributed by atoms with van der Waals surface area (Å²) in [6.45, 7) is 3.90. The van der Waals surface area contributed by atoms with Crippen LogP contribution in [0.4, 0.5) is 0 Å². The van der Waals surface area contributed by atoms with Crippen LogP contribution in [0.2, 0.25) is 0 Å². The summed E-state index contributed by atoms with van der Waals surface area (Å²) < 4.78 is 0. The Morgan fingerprint density at radius 2 is 1.83 bits per heavy atom. The van der Waals surface area contributed by atoms with Crippen molar-refractivity contribution in [1.29, 1.82) is 0 Å². The number of hydrogen-bond donors (Lipinski definition) is 1. The predicted octanol–water partition coefficient (Wildman–Crippen LogP) is 1.39. The van der Waals surface area contributed by atoms with Gasteiger partial charge in [0.05, 0.1) is 0 Å². The van der Waals surface area contributed by atoms with E-state index >= 15 is 0 Å². The maximum atomic E-state index is 10.2. The number of carbonyl (C=O) groups is 1. The Morgan fingerprint density at radius 3 is 2.08 bits per heavy atom. The Bertz CT molecular complexity index is 176. The number of carboxylic acid groups (broad SMARTS) is 1. The number of rotatable bonds is 3. The van der Waals surface area contributed by atoms with Crippen molar-refractivity contribution < 1.29 is 9.90 Å². The highest BCUT2D eigenvalue weighted by atomic mass is 35.5. The van der Waals surface area contributed by atoms with E-state index in [4.69, 9.17) is 5.11 Å². The maximum absolute atomic E-state index is 10.2. The van der Waals surface area contributed by atoms with Gasteiger partial charge in [0, 0.05) is 11.6 Å². The molecule has 0 aromatic carbocycles. The van der Waals surface area contributed by atoms with E-state index in [1.807, 2.05) is 32.8 Å². The van der Waals surface area contributed by atoms with Gasteiger partial charge in [0.1, 0.15) is 0 Å². The molecule has 4 heteroatoms. The van der Waals surface area contributed by atoms with Gasteiger partial charge in [-0.3, -0.25) is 0 Å². The lowest BCUT2D eigenvalue weighted by Gasteiger charge is -2.28. The Hall–Kier alpha value is -0.540. The second-order valence-corrected chi connectivity index (χ2v) is 3.22. The smallest absolute Gasteiger partial charge is 0.328 e.